The first-order valence-corrected chi connectivity index (χ1v) is 10.7. The van der Waals surface area contributed by atoms with E-state index in [1.165, 1.54) is 0 Å². The molecule has 1 aromatic heterocycles. The van der Waals surface area contributed by atoms with E-state index in [1.54, 1.807) is 17.0 Å². The van der Waals surface area contributed by atoms with E-state index < -0.39 is 5.41 Å². The predicted molar refractivity (Wildman–Crippen MR) is 125 cm³/mol. The van der Waals surface area contributed by atoms with Gasteiger partial charge in [0.1, 0.15) is 5.78 Å². The molecule has 0 bridgehead atoms. The van der Waals surface area contributed by atoms with Crippen molar-refractivity contribution in [2.75, 3.05) is 5.32 Å². The normalized spacial score (nSPS) is 11.4. The van der Waals surface area contributed by atoms with Gasteiger partial charge >= 0.3 is 5.91 Å². The Morgan fingerprint density at radius 3 is 2.21 bits per heavy atom. The molecule has 0 aliphatic heterocycles. The molecule has 0 saturated heterocycles. The highest BCUT2D eigenvalue weighted by atomic mass is 35.5. The number of halogens is 1. The van der Waals surface area contributed by atoms with Crippen LogP contribution in [0.5, 0.6) is 0 Å². The van der Waals surface area contributed by atoms with Crippen LogP contribution in [0.15, 0.2) is 53.9 Å². The number of aromatic nitrogens is 1. The molecule has 7 nitrogen and oxygen atoms in total. The summed E-state index contributed by atoms with van der Waals surface area (Å²) in [6, 6.07) is 11.3. The molecule has 0 fully saturated rings. The van der Waals surface area contributed by atoms with Crippen LogP contribution in [0.3, 0.4) is 0 Å². The quantitative estimate of drug-likeness (QED) is 0.316. The first-order valence-electron chi connectivity index (χ1n) is 10.7. The third-order valence-corrected chi connectivity index (χ3v) is 5.07. The predicted octanol–water partition coefficient (Wildman–Crippen LogP) is 0.491. The molecule has 0 unspecified atom stereocenters. The standard InChI is InChI=1S/C25H32N4O3.ClH/c1-18-9-10-20(15-19(18)2)26-23(31)12-11-21(16-22(30)25(3,4)5)27-28-24(32)17-29-13-7-6-8-14-29;/h6-10,13-15H,11-12,16-17H2,1-5H3,(H-,26,28,31,32);1H/b27-21+;. The molecule has 0 aliphatic carbocycles. The van der Waals surface area contributed by atoms with E-state index in [4.69, 9.17) is 0 Å². The van der Waals surface area contributed by atoms with Gasteiger partial charge < -0.3 is 17.7 Å². The van der Waals surface area contributed by atoms with Gasteiger partial charge in [0, 0.05) is 41.8 Å². The van der Waals surface area contributed by atoms with Crippen LogP contribution in [0.4, 0.5) is 5.69 Å². The lowest BCUT2D eigenvalue weighted by atomic mass is 9.87. The highest BCUT2D eigenvalue weighted by molar-refractivity contribution is 6.05. The van der Waals surface area contributed by atoms with E-state index in [0.717, 1.165) is 16.8 Å². The maximum absolute atomic E-state index is 12.5. The second kappa shape index (κ2) is 12.8. The van der Waals surface area contributed by atoms with Crippen LogP contribution < -0.4 is 27.7 Å². The number of hydrogen-bond acceptors (Lipinski definition) is 4. The van der Waals surface area contributed by atoms with E-state index in [2.05, 4.69) is 15.8 Å². The second-order valence-corrected chi connectivity index (χ2v) is 8.96. The number of benzene rings is 1. The van der Waals surface area contributed by atoms with Gasteiger partial charge in [0.05, 0.1) is 0 Å². The zero-order valence-electron chi connectivity index (χ0n) is 19.9. The molecular weight excluding hydrogens is 440 g/mol. The molecule has 2 aromatic rings. The molecule has 2 rings (SSSR count). The number of ketones is 1. The van der Waals surface area contributed by atoms with Crippen molar-refractivity contribution in [1.82, 2.24) is 5.43 Å². The molecule has 33 heavy (non-hydrogen) atoms. The molecule has 0 spiro atoms. The summed E-state index contributed by atoms with van der Waals surface area (Å²) in [4.78, 5) is 37.2. The van der Waals surface area contributed by atoms with Gasteiger partial charge in [-0.05, 0) is 43.5 Å². The largest absolute Gasteiger partial charge is 1.00 e. The number of amides is 2. The minimum absolute atomic E-state index is 0. The lowest BCUT2D eigenvalue weighted by molar-refractivity contribution is -0.684. The average molecular weight is 473 g/mol. The number of carbonyl (C=O) groups excluding carboxylic acids is 3. The number of anilines is 1. The van der Waals surface area contributed by atoms with Crippen LogP contribution in [-0.4, -0.2) is 23.3 Å². The molecule has 178 valence electrons. The Hall–Kier alpha value is -3.06. The summed E-state index contributed by atoms with van der Waals surface area (Å²) < 4.78 is 1.72. The summed E-state index contributed by atoms with van der Waals surface area (Å²) in [5, 5.41) is 7.06. The third-order valence-electron chi connectivity index (χ3n) is 5.07. The summed E-state index contributed by atoms with van der Waals surface area (Å²) in [5.74, 6) is -0.477. The van der Waals surface area contributed by atoms with E-state index in [0.29, 0.717) is 5.71 Å². The van der Waals surface area contributed by atoms with Gasteiger partial charge in [0.25, 0.3) is 0 Å². The lowest BCUT2D eigenvalue weighted by Crippen LogP contribution is -3.00. The molecule has 2 amide bonds. The smallest absolute Gasteiger partial charge is 0.305 e. The molecule has 0 radical (unpaired) electrons. The van der Waals surface area contributed by atoms with Crippen LogP contribution in [0.1, 0.15) is 51.2 Å². The first kappa shape index (κ1) is 28.0. The summed E-state index contributed by atoms with van der Waals surface area (Å²) in [5.41, 5.74) is 5.45. The first-order chi connectivity index (χ1) is 15.0. The van der Waals surface area contributed by atoms with Crippen molar-refractivity contribution in [1.29, 1.82) is 0 Å². The number of nitrogens with zero attached hydrogens (tertiary/aromatic N) is 2. The van der Waals surface area contributed by atoms with Crippen LogP contribution in [-0.2, 0) is 20.9 Å². The van der Waals surface area contributed by atoms with Crippen LogP contribution >= 0.6 is 0 Å². The molecule has 0 atom stereocenters. The fourth-order valence-corrected chi connectivity index (χ4v) is 2.82. The highest BCUT2D eigenvalue weighted by Crippen LogP contribution is 2.18. The van der Waals surface area contributed by atoms with Crippen LogP contribution in [0.2, 0.25) is 0 Å². The van der Waals surface area contributed by atoms with Gasteiger partial charge in [0.15, 0.2) is 12.4 Å². The van der Waals surface area contributed by atoms with Crippen molar-refractivity contribution >= 4 is 29.0 Å². The second-order valence-electron chi connectivity index (χ2n) is 8.96. The molecule has 1 heterocycles. The Bertz CT molecular complexity index is 998. The Kier molecular flexibility index (Phi) is 10.9. The Morgan fingerprint density at radius 1 is 0.939 bits per heavy atom. The van der Waals surface area contributed by atoms with Gasteiger partial charge in [-0.25, -0.2) is 5.43 Å². The number of pyridine rings is 1. The molecule has 1 aromatic carbocycles. The number of hydrogen-bond donors (Lipinski definition) is 2. The van der Waals surface area contributed by atoms with Gasteiger partial charge in [-0.1, -0.05) is 32.9 Å². The van der Waals surface area contributed by atoms with Crippen LogP contribution in [0.25, 0.3) is 0 Å². The zero-order valence-corrected chi connectivity index (χ0v) is 20.7. The number of carbonyl (C=O) groups is 3. The lowest BCUT2D eigenvalue weighted by Gasteiger charge is -2.17. The minimum Gasteiger partial charge on any atom is -1.00 e. The van der Waals surface area contributed by atoms with Crippen molar-refractivity contribution in [3.63, 3.8) is 0 Å². The van der Waals surface area contributed by atoms with Gasteiger partial charge in [0.2, 0.25) is 12.5 Å². The number of aryl methyl sites for hydroxylation is 2. The summed E-state index contributed by atoms with van der Waals surface area (Å²) in [6.07, 6.45) is 4.08. The van der Waals surface area contributed by atoms with Gasteiger partial charge in [-0.2, -0.15) is 9.67 Å². The van der Waals surface area contributed by atoms with Gasteiger partial charge in [-0.15, -0.1) is 0 Å². The Labute approximate surface area is 202 Å². The van der Waals surface area contributed by atoms with E-state index in [-0.39, 0.29) is 55.8 Å². The summed E-state index contributed by atoms with van der Waals surface area (Å²) in [7, 11) is 0. The SMILES string of the molecule is Cc1ccc(NC(=O)CC/C(CC(=O)C(C)(C)C)=N\NC(=O)C[n+]2ccccc2)cc1C.[Cl-]. The van der Waals surface area contributed by atoms with Crippen LogP contribution in [0, 0.1) is 19.3 Å². The molecular formula is C25H33ClN4O3. The number of nitrogens with one attached hydrogen (secondary N) is 2. The highest BCUT2D eigenvalue weighted by Gasteiger charge is 2.23. The zero-order chi connectivity index (χ0) is 23.7. The number of hydrazone groups is 1. The third kappa shape index (κ3) is 9.95. The van der Waals surface area contributed by atoms with Crippen molar-refractivity contribution < 1.29 is 31.4 Å². The Balaban J connectivity index is 0.00000544. The molecule has 0 aliphatic rings. The molecule has 0 saturated carbocycles. The molecule has 2 N–H and O–H groups in total. The molecule has 8 heteroatoms. The monoisotopic (exact) mass is 472 g/mol. The maximum atomic E-state index is 12.5. The fourth-order valence-electron chi connectivity index (χ4n) is 2.82. The van der Waals surface area contributed by atoms with Crippen molar-refractivity contribution in [2.45, 2.75) is 60.4 Å². The number of Topliss-reactive ketones (excluding diaryl/α,β-unsaturated/α-hetero) is 1. The van der Waals surface area contributed by atoms with E-state index >= 15 is 0 Å². The van der Waals surface area contributed by atoms with Crippen molar-refractivity contribution in [3.05, 3.63) is 59.9 Å². The maximum Gasteiger partial charge on any atom is 0.305 e. The minimum atomic E-state index is -0.535. The fraction of sp³-hybridized carbons (Fsp3) is 0.400. The van der Waals surface area contributed by atoms with Crippen molar-refractivity contribution in [3.8, 4) is 0 Å². The van der Waals surface area contributed by atoms with E-state index in [9.17, 15) is 14.4 Å². The summed E-state index contributed by atoms with van der Waals surface area (Å²) in [6.45, 7) is 9.63. The van der Waals surface area contributed by atoms with Gasteiger partial charge in [-0.3, -0.25) is 14.4 Å². The van der Waals surface area contributed by atoms with E-state index in [1.807, 2.05) is 71.0 Å². The number of rotatable bonds is 9. The topological polar surface area (TPSA) is 91.5 Å². The summed E-state index contributed by atoms with van der Waals surface area (Å²) >= 11 is 0. The Morgan fingerprint density at radius 2 is 1.61 bits per heavy atom. The average Bonchev–Trinajstić information content (AvgIpc) is 2.72. The van der Waals surface area contributed by atoms with Crippen molar-refractivity contribution in [2.24, 2.45) is 10.5 Å².